The van der Waals surface area contributed by atoms with E-state index in [0.717, 1.165) is 62.9 Å². The van der Waals surface area contributed by atoms with E-state index >= 15 is 0 Å². The third-order valence-corrected chi connectivity index (χ3v) is 4.83. The van der Waals surface area contributed by atoms with Crippen LogP contribution in [0.2, 0.25) is 0 Å². The Bertz CT molecular complexity index is 867. The highest BCUT2D eigenvalue weighted by Crippen LogP contribution is 2.19. The molecule has 0 aliphatic carbocycles. The van der Waals surface area contributed by atoms with E-state index in [9.17, 15) is 0 Å². The predicted octanol–water partition coefficient (Wildman–Crippen LogP) is 2.87. The highest BCUT2D eigenvalue weighted by atomic mass is 16.5. The van der Waals surface area contributed by atoms with Gasteiger partial charge in [0.2, 0.25) is 0 Å². The number of aromatic nitrogens is 3. The monoisotopic (exact) mass is 375 g/mol. The Labute approximate surface area is 165 Å². The lowest BCUT2D eigenvalue weighted by Crippen LogP contribution is -2.39. The summed E-state index contributed by atoms with van der Waals surface area (Å²) in [4.78, 5) is 7.23. The maximum absolute atomic E-state index is 5.41. The van der Waals surface area contributed by atoms with Crippen LogP contribution in [-0.4, -0.2) is 59.5 Å². The molecule has 0 radical (unpaired) electrons. The molecule has 2 heterocycles. The summed E-state index contributed by atoms with van der Waals surface area (Å²) in [7, 11) is 0. The van der Waals surface area contributed by atoms with Crippen molar-refractivity contribution in [2.45, 2.75) is 6.42 Å². The van der Waals surface area contributed by atoms with Crippen molar-refractivity contribution in [3.63, 3.8) is 0 Å². The van der Waals surface area contributed by atoms with E-state index in [1.165, 1.54) is 5.56 Å². The molecule has 28 heavy (non-hydrogen) atoms. The van der Waals surface area contributed by atoms with Crippen LogP contribution in [0.15, 0.2) is 60.7 Å². The number of hydrogen-bond acceptors (Lipinski definition) is 6. The summed E-state index contributed by atoms with van der Waals surface area (Å²) >= 11 is 0. The lowest BCUT2D eigenvalue weighted by molar-refractivity contribution is 0.0398. The minimum atomic E-state index is 0.658. The van der Waals surface area contributed by atoms with Crippen molar-refractivity contribution < 1.29 is 4.74 Å². The van der Waals surface area contributed by atoms with E-state index in [1.54, 1.807) is 0 Å². The Morgan fingerprint density at radius 2 is 1.61 bits per heavy atom. The standard InChI is InChI=1S/C22H25N5O/c1-3-7-18(8-4-1)17-20-22(23-11-12-27-13-15-28-16-14-27)26-25-21(24-20)19-9-5-2-6-10-19/h1-10H,11-17H2,(H,23,26). The van der Waals surface area contributed by atoms with Gasteiger partial charge in [-0.25, -0.2) is 4.98 Å². The van der Waals surface area contributed by atoms with Crippen LogP contribution in [0.1, 0.15) is 11.3 Å². The summed E-state index contributed by atoms with van der Waals surface area (Å²) in [5.74, 6) is 1.42. The number of benzene rings is 2. The Morgan fingerprint density at radius 1 is 0.893 bits per heavy atom. The van der Waals surface area contributed by atoms with Crippen molar-refractivity contribution in [1.29, 1.82) is 0 Å². The maximum Gasteiger partial charge on any atom is 0.182 e. The zero-order chi connectivity index (χ0) is 19.0. The first-order valence-corrected chi connectivity index (χ1v) is 9.75. The molecule has 0 saturated carbocycles. The molecule has 6 heteroatoms. The van der Waals surface area contributed by atoms with Gasteiger partial charge in [0, 0.05) is 38.2 Å². The number of rotatable bonds is 7. The molecule has 1 aliphatic rings. The number of ether oxygens (including phenoxy) is 1. The van der Waals surface area contributed by atoms with E-state index < -0.39 is 0 Å². The lowest BCUT2D eigenvalue weighted by Gasteiger charge is -2.26. The smallest absolute Gasteiger partial charge is 0.182 e. The molecule has 0 amide bonds. The average Bonchev–Trinajstić information content (AvgIpc) is 2.77. The van der Waals surface area contributed by atoms with Crippen LogP contribution in [0, 0.1) is 0 Å². The first-order valence-electron chi connectivity index (χ1n) is 9.75. The van der Waals surface area contributed by atoms with Crippen LogP contribution < -0.4 is 5.32 Å². The number of anilines is 1. The van der Waals surface area contributed by atoms with Gasteiger partial charge in [0.1, 0.15) is 0 Å². The minimum Gasteiger partial charge on any atom is -0.379 e. The molecule has 2 aromatic carbocycles. The van der Waals surface area contributed by atoms with Crippen molar-refractivity contribution in [2.24, 2.45) is 0 Å². The second-order valence-corrected chi connectivity index (χ2v) is 6.84. The second kappa shape index (κ2) is 9.39. The first-order chi connectivity index (χ1) is 13.9. The molecule has 6 nitrogen and oxygen atoms in total. The van der Waals surface area contributed by atoms with Gasteiger partial charge in [0.05, 0.1) is 18.9 Å². The maximum atomic E-state index is 5.41. The van der Waals surface area contributed by atoms with Crippen molar-refractivity contribution in [3.05, 3.63) is 71.9 Å². The van der Waals surface area contributed by atoms with Gasteiger partial charge in [-0.1, -0.05) is 60.7 Å². The van der Waals surface area contributed by atoms with E-state index in [-0.39, 0.29) is 0 Å². The molecule has 3 aromatic rings. The number of morpholine rings is 1. The largest absolute Gasteiger partial charge is 0.379 e. The van der Waals surface area contributed by atoms with E-state index in [4.69, 9.17) is 9.72 Å². The summed E-state index contributed by atoms with van der Waals surface area (Å²) < 4.78 is 5.41. The fourth-order valence-corrected chi connectivity index (χ4v) is 3.27. The van der Waals surface area contributed by atoms with Crippen LogP contribution >= 0.6 is 0 Å². The number of hydrogen-bond donors (Lipinski definition) is 1. The van der Waals surface area contributed by atoms with E-state index in [0.29, 0.717) is 5.82 Å². The molecule has 144 valence electrons. The molecular weight excluding hydrogens is 350 g/mol. The van der Waals surface area contributed by atoms with E-state index in [1.807, 2.05) is 48.5 Å². The second-order valence-electron chi connectivity index (χ2n) is 6.84. The van der Waals surface area contributed by atoms with Gasteiger partial charge >= 0.3 is 0 Å². The van der Waals surface area contributed by atoms with Crippen LogP contribution in [0.4, 0.5) is 5.82 Å². The van der Waals surface area contributed by atoms with Crippen LogP contribution in [0.25, 0.3) is 11.4 Å². The topological polar surface area (TPSA) is 63.2 Å². The zero-order valence-electron chi connectivity index (χ0n) is 15.9. The molecule has 1 aliphatic heterocycles. The Morgan fingerprint density at radius 3 is 2.36 bits per heavy atom. The SMILES string of the molecule is c1ccc(Cc2nc(-c3ccccc3)nnc2NCCN2CCOCC2)cc1. The Balaban J connectivity index is 1.51. The highest BCUT2D eigenvalue weighted by molar-refractivity contribution is 5.56. The van der Waals surface area contributed by atoms with Gasteiger partial charge in [0.25, 0.3) is 0 Å². The highest BCUT2D eigenvalue weighted by Gasteiger charge is 2.13. The van der Waals surface area contributed by atoms with Crippen molar-refractivity contribution >= 4 is 5.82 Å². The minimum absolute atomic E-state index is 0.658. The summed E-state index contributed by atoms with van der Waals surface area (Å²) in [5, 5.41) is 12.3. The molecule has 0 unspecified atom stereocenters. The van der Waals surface area contributed by atoms with Crippen molar-refractivity contribution in [2.75, 3.05) is 44.7 Å². The Kier molecular flexibility index (Phi) is 6.22. The molecular formula is C22H25N5O. The molecule has 1 fully saturated rings. The first kappa shape index (κ1) is 18.5. The molecule has 0 atom stereocenters. The van der Waals surface area contributed by atoms with Gasteiger partial charge < -0.3 is 10.1 Å². The number of nitrogens with zero attached hydrogens (tertiary/aromatic N) is 4. The third-order valence-electron chi connectivity index (χ3n) is 4.83. The summed E-state index contributed by atoms with van der Waals surface area (Å²) in [5.41, 5.74) is 3.10. The molecule has 1 N–H and O–H groups in total. The quantitative estimate of drug-likeness (QED) is 0.685. The molecule has 1 aromatic heterocycles. The summed E-state index contributed by atoms with van der Waals surface area (Å²) in [6.45, 7) is 5.35. The van der Waals surface area contributed by atoms with Crippen LogP contribution in [0.3, 0.4) is 0 Å². The number of nitrogens with one attached hydrogen (secondary N) is 1. The normalized spacial score (nSPS) is 14.7. The van der Waals surface area contributed by atoms with Gasteiger partial charge in [-0.2, -0.15) is 0 Å². The van der Waals surface area contributed by atoms with E-state index in [2.05, 4.69) is 32.5 Å². The van der Waals surface area contributed by atoms with Crippen LogP contribution in [0.5, 0.6) is 0 Å². The van der Waals surface area contributed by atoms with Crippen LogP contribution in [-0.2, 0) is 11.2 Å². The van der Waals surface area contributed by atoms with Gasteiger partial charge in [-0.3, -0.25) is 4.90 Å². The summed E-state index contributed by atoms with van der Waals surface area (Å²) in [6.07, 6.45) is 0.718. The van der Waals surface area contributed by atoms with Crippen molar-refractivity contribution in [3.8, 4) is 11.4 Å². The Hall–Kier alpha value is -2.83. The summed E-state index contributed by atoms with van der Waals surface area (Å²) in [6, 6.07) is 20.3. The zero-order valence-corrected chi connectivity index (χ0v) is 15.9. The lowest BCUT2D eigenvalue weighted by atomic mass is 10.1. The van der Waals surface area contributed by atoms with Gasteiger partial charge in [-0.15, -0.1) is 10.2 Å². The fourth-order valence-electron chi connectivity index (χ4n) is 3.27. The molecule has 1 saturated heterocycles. The fraction of sp³-hybridized carbons (Fsp3) is 0.318. The van der Waals surface area contributed by atoms with Gasteiger partial charge in [-0.05, 0) is 5.56 Å². The molecule has 4 rings (SSSR count). The van der Waals surface area contributed by atoms with Crippen molar-refractivity contribution in [1.82, 2.24) is 20.1 Å². The average molecular weight is 375 g/mol. The van der Waals surface area contributed by atoms with Gasteiger partial charge in [0.15, 0.2) is 11.6 Å². The third kappa shape index (κ3) is 4.91. The molecule has 0 bridgehead atoms. The predicted molar refractivity (Wildman–Crippen MR) is 110 cm³/mol. The molecule has 0 spiro atoms.